The van der Waals surface area contributed by atoms with Crippen LogP contribution in [0.1, 0.15) is 11.3 Å². The molecule has 0 saturated carbocycles. The number of methoxy groups -OCH3 is 1. The Kier molecular flexibility index (Phi) is 2.96. The number of hydrogen-bond acceptors (Lipinski definition) is 4. The molecule has 1 saturated heterocycles. The Morgan fingerprint density at radius 2 is 1.88 bits per heavy atom. The lowest BCUT2D eigenvalue weighted by Crippen LogP contribution is -2.55. The number of hydrogen-bond donors (Lipinski definition) is 1. The van der Waals surface area contributed by atoms with Crippen molar-refractivity contribution in [2.45, 2.75) is 12.2 Å². The molecule has 3 heterocycles. The molecule has 0 spiro atoms. The van der Waals surface area contributed by atoms with Crippen molar-refractivity contribution >= 4 is 10.9 Å². The molecular formula is C19H20N4O. The fourth-order valence-electron chi connectivity index (χ4n) is 4.26. The van der Waals surface area contributed by atoms with Crippen molar-refractivity contribution in [3.05, 3.63) is 59.8 Å². The molecule has 5 heteroatoms. The highest BCUT2D eigenvalue weighted by Gasteiger charge is 2.49. The van der Waals surface area contributed by atoms with Crippen LogP contribution >= 0.6 is 0 Å². The van der Waals surface area contributed by atoms with Gasteiger partial charge in [-0.25, -0.2) is 0 Å². The molecular weight excluding hydrogens is 300 g/mol. The van der Waals surface area contributed by atoms with Gasteiger partial charge in [0.1, 0.15) is 11.4 Å². The molecule has 0 aliphatic carbocycles. The number of benzene rings is 2. The largest absolute Gasteiger partial charge is 0.497 e. The minimum Gasteiger partial charge on any atom is -0.497 e. The van der Waals surface area contributed by atoms with Gasteiger partial charge >= 0.3 is 0 Å². The average molecular weight is 320 g/mol. The Labute approximate surface area is 140 Å². The van der Waals surface area contributed by atoms with Crippen molar-refractivity contribution in [2.75, 3.05) is 26.7 Å². The van der Waals surface area contributed by atoms with E-state index < -0.39 is 0 Å². The summed E-state index contributed by atoms with van der Waals surface area (Å²) in [7, 11) is 1.70. The van der Waals surface area contributed by atoms with Crippen LogP contribution in [0.2, 0.25) is 0 Å². The van der Waals surface area contributed by atoms with Crippen LogP contribution in [0, 0.1) is 0 Å². The van der Waals surface area contributed by atoms with Crippen molar-refractivity contribution in [3.63, 3.8) is 0 Å². The van der Waals surface area contributed by atoms with Crippen LogP contribution in [0.25, 0.3) is 10.9 Å². The molecule has 1 atom stereocenters. The molecule has 2 aliphatic rings. The average Bonchev–Trinajstić information content (AvgIpc) is 3.23. The Balaban J connectivity index is 1.79. The topological polar surface area (TPSA) is 42.3 Å². The van der Waals surface area contributed by atoms with E-state index in [9.17, 15) is 0 Å². The minimum absolute atomic E-state index is 0.305. The number of nitrogens with zero attached hydrogens (tertiary/aromatic N) is 3. The minimum atomic E-state index is -0.305. The summed E-state index contributed by atoms with van der Waals surface area (Å²) in [5, 5.41) is 9.86. The summed E-state index contributed by atoms with van der Waals surface area (Å²) >= 11 is 0. The summed E-state index contributed by atoms with van der Waals surface area (Å²) in [5.74, 6) is 0.883. The van der Waals surface area contributed by atoms with Crippen LogP contribution in [0.5, 0.6) is 5.75 Å². The molecule has 24 heavy (non-hydrogen) atoms. The third kappa shape index (κ3) is 1.74. The zero-order valence-corrected chi connectivity index (χ0v) is 13.7. The number of rotatable bonds is 2. The smallest absolute Gasteiger partial charge is 0.142 e. The number of aromatic nitrogens is 2. The van der Waals surface area contributed by atoms with Gasteiger partial charge in [0.15, 0.2) is 0 Å². The quantitative estimate of drug-likeness (QED) is 0.786. The fourth-order valence-corrected chi connectivity index (χ4v) is 4.26. The van der Waals surface area contributed by atoms with E-state index in [1.807, 2.05) is 12.1 Å². The van der Waals surface area contributed by atoms with Gasteiger partial charge in [0.05, 0.1) is 24.9 Å². The molecule has 0 radical (unpaired) electrons. The highest BCUT2D eigenvalue weighted by molar-refractivity contribution is 5.83. The van der Waals surface area contributed by atoms with Gasteiger partial charge in [-0.3, -0.25) is 14.9 Å². The lowest BCUT2D eigenvalue weighted by Gasteiger charge is -2.43. The van der Waals surface area contributed by atoms with E-state index in [1.165, 1.54) is 16.6 Å². The highest BCUT2D eigenvalue weighted by atomic mass is 16.5. The molecule has 1 fully saturated rings. The predicted octanol–water partition coefficient (Wildman–Crippen LogP) is 2.16. The van der Waals surface area contributed by atoms with Gasteiger partial charge in [0.25, 0.3) is 0 Å². The van der Waals surface area contributed by atoms with E-state index in [4.69, 9.17) is 9.84 Å². The van der Waals surface area contributed by atoms with E-state index in [0.29, 0.717) is 0 Å². The molecule has 1 aromatic heterocycles. The summed E-state index contributed by atoms with van der Waals surface area (Å²) in [6, 6.07) is 16.9. The molecule has 2 aliphatic heterocycles. The first-order chi connectivity index (χ1) is 11.8. The van der Waals surface area contributed by atoms with E-state index in [-0.39, 0.29) is 5.66 Å². The molecule has 3 aromatic rings. The second-order valence-electron chi connectivity index (χ2n) is 6.44. The standard InChI is InChI=1S/C19H20N4O/c1-24-15-8-6-14(7-9-15)19-18-16-4-2-3-5-17(16)21-23(18)13-12-22(19)11-10-20-19/h2-9,20H,10-13H2,1H3. The zero-order chi connectivity index (χ0) is 16.1. The SMILES string of the molecule is COc1ccc(C23NCCN2CCn2nc4ccccc4c23)cc1. The first-order valence-corrected chi connectivity index (χ1v) is 8.43. The molecule has 122 valence electrons. The molecule has 1 unspecified atom stereocenters. The van der Waals surface area contributed by atoms with Gasteiger partial charge in [-0.1, -0.05) is 30.3 Å². The van der Waals surface area contributed by atoms with E-state index in [2.05, 4.69) is 51.3 Å². The van der Waals surface area contributed by atoms with Crippen molar-refractivity contribution in [3.8, 4) is 5.75 Å². The monoisotopic (exact) mass is 320 g/mol. The summed E-state index contributed by atoms with van der Waals surface area (Å²) < 4.78 is 7.52. The maximum absolute atomic E-state index is 5.34. The molecule has 5 nitrogen and oxygen atoms in total. The third-order valence-corrected chi connectivity index (χ3v) is 5.31. The van der Waals surface area contributed by atoms with Gasteiger partial charge < -0.3 is 4.74 Å². The zero-order valence-electron chi connectivity index (χ0n) is 13.7. The fraction of sp³-hybridized carbons (Fsp3) is 0.316. The molecule has 1 N–H and O–H groups in total. The molecule has 0 bridgehead atoms. The first-order valence-electron chi connectivity index (χ1n) is 8.43. The van der Waals surface area contributed by atoms with Gasteiger partial charge in [-0.15, -0.1) is 0 Å². The Morgan fingerprint density at radius 3 is 2.71 bits per heavy atom. The van der Waals surface area contributed by atoms with Gasteiger partial charge in [0, 0.05) is 25.0 Å². The van der Waals surface area contributed by atoms with Gasteiger partial charge in [0.2, 0.25) is 0 Å². The summed E-state index contributed by atoms with van der Waals surface area (Å²) in [5.41, 5.74) is 3.26. The summed E-state index contributed by atoms with van der Waals surface area (Å²) in [6.07, 6.45) is 0. The molecule has 0 amide bonds. The first kappa shape index (κ1) is 14.0. The summed E-state index contributed by atoms with van der Waals surface area (Å²) in [6.45, 7) is 3.96. The normalized spacial score (nSPS) is 23.2. The van der Waals surface area contributed by atoms with E-state index in [1.54, 1.807) is 7.11 Å². The Morgan fingerprint density at radius 1 is 1.04 bits per heavy atom. The van der Waals surface area contributed by atoms with Crippen LogP contribution < -0.4 is 10.1 Å². The second-order valence-corrected chi connectivity index (χ2v) is 6.44. The maximum atomic E-state index is 5.34. The molecule has 5 rings (SSSR count). The highest BCUT2D eigenvalue weighted by Crippen LogP contribution is 2.42. The van der Waals surface area contributed by atoms with Crippen molar-refractivity contribution < 1.29 is 4.74 Å². The number of nitrogens with one attached hydrogen (secondary N) is 1. The van der Waals surface area contributed by atoms with Crippen LogP contribution in [0.3, 0.4) is 0 Å². The number of fused-ring (bicyclic) bond motifs is 5. The van der Waals surface area contributed by atoms with Crippen LogP contribution in [-0.4, -0.2) is 41.4 Å². The van der Waals surface area contributed by atoms with Crippen molar-refractivity contribution in [2.24, 2.45) is 0 Å². The second kappa shape index (κ2) is 5.06. The van der Waals surface area contributed by atoms with Crippen molar-refractivity contribution in [1.29, 1.82) is 0 Å². The summed E-state index contributed by atoms with van der Waals surface area (Å²) in [4.78, 5) is 2.54. The Hall–Kier alpha value is -2.37. The van der Waals surface area contributed by atoms with Crippen LogP contribution in [-0.2, 0) is 12.2 Å². The Bertz CT molecular complexity index is 901. The third-order valence-electron chi connectivity index (χ3n) is 5.31. The lowest BCUT2D eigenvalue weighted by atomic mass is 9.91. The molecule has 2 aromatic carbocycles. The predicted molar refractivity (Wildman–Crippen MR) is 93.1 cm³/mol. The maximum Gasteiger partial charge on any atom is 0.142 e. The van der Waals surface area contributed by atoms with E-state index in [0.717, 1.165) is 37.4 Å². The van der Waals surface area contributed by atoms with Crippen molar-refractivity contribution in [1.82, 2.24) is 20.0 Å². The van der Waals surface area contributed by atoms with Gasteiger partial charge in [-0.2, -0.15) is 5.10 Å². The van der Waals surface area contributed by atoms with Crippen LogP contribution in [0.4, 0.5) is 0 Å². The lowest BCUT2D eigenvalue weighted by molar-refractivity contribution is 0.114. The number of ether oxygens (including phenoxy) is 1. The van der Waals surface area contributed by atoms with Gasteiger partial charge in [-0.05, 0) is 23.8 Å². The van der Waals surface area contributed by atoms with Crippen LogP contribution in [0.15, 0.2) is 48.5 Å². The van der Waals surface area contributed by atoms with E-state index >= 15 is 0 Å².